The second-order valence-electron chi connectivity index (χ2n) is 12.1. The van der Waals surface area contributed by atoms with Gasteiger partial charge in [-0.15, -0.1) is 0 Å². The third-order valence-corrected chi connectivity index (χ3v) is 11.0. The van der Waals surface area contributed by atoms with E-state index in [2.05, 4.69) is 32.2 Å². The monoisotopic (exact) mass is 819 g/mol. The van der Waals surface area contributed by atoms with Gasteiger partial charge < -0.3 is 28.1 Å². The van der Waals surface area contributed by atoms with E-state index >= 15 is 0 Å². The zero-order valence-electron chi connectivity index (χ0n) is 28.9. The van der Waals surface area contributed by atoms with E-state index in [4.69, 9.17) is 32.4 Å². The molecule has 1 aromatic heterocycles. The van der Waals surface area contributed by atoms with Gasteiger partial charge in [0.1, 0.15) is 6.08 Å². The molecule has 54 heavy (non-hydrogen) atoms. The summed E-state index contributed by atoms with van der Waals surface area (Å²) in [4.78, 5) is 3.35. The van der Waals surface area contributed by atoms with Crippen LogP contribution in [0.25, 0.3) is 38.7 Å². The van der Waals surface area contributed by atoms with Crippen molar-refractivity contribution >= 4 is 87.8 Å². The molecule has 2 heterocycles. The Morgan fingerprint density at radius 3 is 1.93 bits per heavy atom. The van der Waals surface area contributed by atoms with Crippen LogP contribution in [0.3, 0.4) is 0 Å². The SMILES string of the molecule is C.C.CC[NH+](CC)CC.O=S(=O)([O-])CCCN1C(=C=C=Cc2oc3c4ccccc4c(Cl)cc3[n+]2CCCS(=O)(=O)[O-])Oc2c1cc(Cl)c1ccccc21. The van der Waals surface area contributed by atoms with Gasteiger partial charge >= 0.3 is 5.89 Å². The number of aryl methyl sites for hydroxylation is 1. The molecule has 6 rings (SSSR count). The van der Waals surface area contributed by atoms with Crippen LogP contribution in [-0.2, 0) is 26.8 Å². The Morgan fingerprint density at radius 2 is 1.35 bits per heavy atom. The van der Waals surface area contributed by atoms with E-state index < -0.39 is 31.7 Å². The minimum atomic E-state index is -4.44. The molecule has 0 spiro atoms. The van der Waals surface area contributed by atoms with Crippen LogP contribution in [0.4, 0.5) is 5.69 Å². The van der Waals surface area contributed by atoms with Crippen LogP contribution in [0.2, 0.25) is 10.0 Å². The van der Waals surface area contributed by atoms with Gasteiger partial charge in [-0.1, -0.05) is 92.3 Å². The highest BCUT2D eigenvalue weighted by atomic mass is 35.5. The largest absolute Gasteiger partial charge is 0.748 e. The summed E-state index contributed by atoms with van der Waals surface area (Å²) in [5.74, 6) is -0.176. The first-order valence-electron chi connectivity index (χ1n) is 16.9. The maximum Gasteiger partial charge on any atom is 0.382 e. The molecule has 1 N–H and O–H groups in total. The number of anilines is 1. The molecule has 5 aromatic rings. The van der Waals surface area contributed by atoms with Crippen molar-refractivity contribution in [1.82, 2.24) is 0 Å². The van der Waals surface area contributed by atoms with Crippen LogP contribution in [0, 0.1) is 0 Å². The van der Waals surface area contributed by atoms with Crippen molar-refractivity contribution in [2.45, 2.75) is 55.0 Å². The van der Waals surface area contributed by atoms with E-state index in [1.165, 1.54) is 25.7 Å². The number of benzene rings is 4. The van der Waals surface area contributed by atoms with Crippen molar-refractivity contribution in [2.75, 3.05) is 42.6 Å². The molecule has 0 radical (unpaired) electrons. The highest BCUT2D eigenvalue weighted by Gasteiger charge is 2.29. The van der Waals surface area contributed by atoms with Crippen molar-refractivity contribution in [1.29, 1.82) is 0 Å². The van der Waals surface area contributed by atoms with Crippen LogP contribution in [0.1, 0.15) is 54.4 Å². The van der Waals surface area contributed by atoms with Crippen LogP contribution in [0.15, 0.2) is 82.4 Å². The van der Waals surface area contributed by atoms with Gasteiger partial charge in [-0.05, 0) is 39.0 Å². The first-order valence-corrected chi connectivity index (χ1v) is 20.8. The van der Waals surface area contributed by atoms with Crippen LogP contribution >= 0.6 is 23.2 Å². The van der Waals surface area contributed by atoms with Gasteiger partial charge in [0.15, 0.2) is 12.3 Å². The van der Waals surface area contributed by atoms with Crippen molar-refractivity contribution in [3.8, 4) is 5.75 Å². The molecule has 0 unspecified atom stereocenters. The van der Waals surface area contributed by atoms with Gasteiger partial charge in [0.05, 0.1) is 55.6 Å². The molecule has 15 heteroatoms. The van der Waals surface area contributed by atoms with Crippen LogP contribution in [-0.4, -0.2) is 63.6 Å². The fourth-order valence-corrected chi connectivity index (χ4v) is 7.60. The molecule has 11 nitrogen and oxygen atoms in total. The van der Waals surface area contributed by atoms with E-state index in [9.17, 15) is 25.9 Å². The molecule has 1 aliphatic heterocycles. The lowest BCUT2D eigenvalue weighted by atomic mass is 10.1. The number of hydrogen-bond acceptors (Lipinski definition) is 9. The lowest BCUT2D eigenvalue weighted by molar-refractivity contribution is -0.894. The molecule has 0 amide bonds. The number of rotatable bonds is 12. The predicted octanol–water partition coefficient (Wildman–Crippen LogP) is 6.91. The number of nitrogens with zero attached hydrogens (tertiary/aromatic N) is 2. The quantitative estimate of drug-likeness (QED) is 0.0805. The third kappa shape index (κ3) is 10.7. The minimum absolute atomic E-state index is 0. The molecular weight excluding hydrogens is 773 g/mol. The van der Waals surface area contributed by atoms with Crippen molar-refractivity contribution < 1.29 is 44.6 Å². The zero-order valence-corrected chi connectivity index (χ0v) is 32.1. The number of oxazole rings is 1. The second-order valence-corrected chi connectivity index (χ2v) is 16.0. The topological polar surface area (TPSA) is 148 Å². The third-order valence-electron chi connectivity index (χ3n) is 8.78. The Balaban J connectivity index is 0.000000796. The summed E-state index contributed by atoms with van der Waals surface area (Å²) < 4.78 is 81.8. The number of halogens is 2. The van der Waals surface area contributed by atoms with E-state index in [0.717, 1.165) is 21.5 Å². The van der Waals surface area contributed by atoms with Crippen molar-refractivity contribution in [3.63, 3.8) is 0 Å². The molecule has 0 saturated heterocycles. The van der Waals surface area contributed by atoms with E-state index in [1.807, 2.05) is 48.5 Å². The first-order chi connectivity index (χ1) is 24.7. The molecule has 4 aromatic carbocycles. The summed E-state index contributed by atoms with van der Waals surface area (Å²) in [5, 5.41) is 3.93. The lowest BCUT2D eigenvalue weighted by Gasteiger charge is -2.17. The predicted molar refractivity (Wildman–Crippen MR) is 215 cm³/mol. The average Bonchev–Trinajstić information content (AvgIpc) is 3.62. The fourth-order valence-electron chi connectivity index (χ4n) is 6.10. The van der Waals surface area contributed by atoms with Gasteiger partial charge in [0.2, 0.25) is 5.58 Å². The fraction of sp³-hybridized carbons (Fsp3) is 0.359. The highest BCUT2D eigenvalue weighted by Crippen LogP contribution is 2.46. The smallest absolute Gasteiger partial charge is 0.382 e. The summed E-state index contributed by atoms with van der Waals surface area (Å²) in [7, 11) is -8.87. The van der Waals surface area contributed by atoms with Gasteiger partial charge in [-0.3, -0.25) is 0 Å². The molecule has 0 aliphatic carbocycles. The second kappa shape index (κ2) is 19.1. The van der Waals surface area contributed by atoms with Crippen LogP contribution in [0.5, 0.6) is 5.75 Å². The van der Waals surface area contributed by atoms with E-state index in [1.54, 1.807) is 26.5 Å². The molecule has 0 saturated carbocycles. The van der Waals surface area contributed by atoms with Gasteiger partial charge in [-0.2, -0.15) is 4.57 Å². The molecule has 0 fully saturated rings. The first kappa shape index (κ1) is 44.5. The Kier molecular flexibility index (Phi) is 15.8. The molecular formula is C39H47Cl2N3O8S2. The number of quaternary nitrogens is 1. The highest BCUT2D eigenvalue weighted by molar-refractivity contribution is 7.85. The van der Waals surface area contributed by atoms with Gasteiger partial charge in [0.25, 0.3) is 11.4 Å². The van der Waals surface area contributed by atoms with Gasteiger partial charge in [-0.25, -0.2) is 16.8 Å². The molecule has 292 valence electrons. The van der Waals surface area contributed by atoms with E-state index in [0.29, 0.717) is 32.6 Å². The summed E-state index contributed by atoms with van der Waals surface area (Å²) in [6.07, 6.45) is 1.54. The molecule has 1 aliphatic rings. The van der Waals surface area contributed by atoms with Gasteiger partial charge in [0, 0.05) is 52.1 Å². The maximum atomic E-state index is 11.3. The summed E-state index contributed by atoms with van der Waals surface area (Å²) in [6, 6.07) is 18.2. The Labute approximate surface area is 328 Å². The molecule has 0 atom stereocenters. The summed E-state index contributed by atoms with van der Waals surface area (Å²) in [5.41, 5.74) is 7.56. The normalized spacial score (nSPS) is 12.4. The number of ether oxygens (including phenoxy) is 1. The lowest BCUT2D eigenvalue weighted by Crippen LogP contribution is -3.11. The number of fused-ring (bicyclic) bond motifs is 6. The van der Waals surface area contributed by atoms with Crippen molar-refractivity contribution in [2.24, 2.45) is 0 Å². The van der Waals surface area contributed by atoms with E-state index in [-0.39, 0.29) is 52.6 Å². The minimum Gasteiger partial charge on any atom is -0.748 e. The summed E-state index contributed by atoms with van der Waals surface area (Å²) in [6.45, 7) is 10.7. The Bertz CT molecular complexity index is 2430. The zero-order chi connectivity index (χ0) is 37.6. The molecule has 0 bridgehead atoms. The maximum absolute atomic E-state index is 11.3. The number of aromatic nitrogens is 1. The average molecular weight is 821 g/mol. The summed E-state index contributed by atoms with van der Waals surface area (Å²) >= 11 is 13.1. The number of hydrogen-bond donors (Lipinski definition) is 1. The Hall–Kier alpha value is -3.87. The van der Waals surface area contributed by atoms with Crippen molar-refractivity contribution in [3.05, 3.63) is 93.9 Å². The van der Waals surface area contributed by atoms with Crippen LogP contribution < -0.4 is 19.1 Å². The standard InChI is InChI=1S/C31H24Cl2N2O8S2.C6H15N.2CH4/c32-24-18-26-30(22-10-3-1-8-20(22)24)42-28(34(26)14-6-16-44(36,37)38)12-5-13-29-35(15-7-17-45(39,40)41)27-19-25(33)21-9-2-4-11-23(21)31(27)43-29;1-4-7(5-2)6-3;;/h1-4,8-12,18-19H,6-7,14-17H2,(H-,36,37,38,39,40,41);4-6H2,1-3H3;2*1H4. The number of nitrogens with one attached hydrogen (secondary N) is 1. The Morgan fingerprint density at radius 1 is 0.815 bits per heavy atom.